The summed E-state index contributed by atoms with van der Waals surface area (Å²) < 4.78 is 5.14. The van der Waals surface area contributed by atoms with Crippen molar-refractivity contribution in [1.29, 1.82) is 5.26 Å². The standard InChI is InChI=1S/C16H16N2O/c1-16(18,13-5-3-12(11-17)4-6-13)14-7-9-15(19-2)10-8-14/h3-10H,18H2,1-2H3. The smallest absolute Gasteiger partial charge is 0.118 e. The molecule has 2 N–H and O–H groups in total. The molecule has 0 fully saturated rings. The predicted molar refractivity (Wildman–Crippen MR) is 74.8 cm³/mol. The molecule has 19 heavy (non-hydrogen) atoms. The zero-order chi connectivity index (χ0) is 13.9. The topological polar surface area (TPSA) is 59.0 Å². The second-order valence-electron chi connectivity index (χ2n) is 4.62. The highest BCUT2D eigenvalue weighted by Gasteiger charge is 2.23. The van der Waals surface area contributed by atoms with E-state index < -0.39 is 5.54 Å². The van der Waals surface area contributed by atoms with Gasteiger partial charge in [0.2, 0.25) is 0 Å². The lowest BCUT2D eigenvalue weighted by molar-refractivity contribution is 0.414. The van der Waals surface area contributed by atoms with E-state index in [0.29, 0.717) is 5.56 Å². The fourth-order valence-electron chi connectivity index (χ4n) is 1.99. The maximum absolute atomic E-state index is 8.81. The lowest BCUT2D eigenvalue weighted by Gasteiger charge is -2.26. The first-order chi connectivity index (χ1) is 9.07. The van der Waals surface area contributed by atoms with Crippen LogP contribution in [0.1, 0.15) is 23.6 Å². The van der Waals surface area contributed by atoms with Crippen LogP contribution in [0, 0.1) is 11.3 Å². The Bertz CT molecular complexity index is 592. The molecule has 0 heterocycles. The van der Waals surface area contributed by atoms with E-state index in [2.05, 4.69) is 6.07 Å². The number of rotatable bonds is 3. The molecule has 0 aliphatic rings. The van der Waals surface area contributed by atoms with E-state index in [0.717, 1.165) is 16.9 Å². The van der Waals surface area contributed by atoms with Crippen LogP contribution < -0.4 is 10.5 Å². The van der Waals surface area contributed by atoms with Gasteiger partial charge in [0.25, 0.3) is 0 Å². The number of benzene rings is 2. The third-order valence-corrected chi connectivity index (χ3v) is 3.30. The lowest BCUT2D eigenvalue weighted by atomic mass is 9.85. The monoisotopic (exact) mass is 252 g/mol. The number of hydrogen-bond donors (Lipinski definition) is 1. The van der Waals surface area contributed by atoms with E-state index in [1.807, 2.05) is 43.3 Å². The molecule has 1 atom stereocenters. The number of nitrogens with zero attached hydrogens (tertiary/aromatic N) is 1. The Hall–Kier alpha value is -2.31. The van der Waals surface area contributed by atoms with Crippen LogP contribution in [-0.2, 0) is 5.54 Å². The van der Waals surface area contributed by atoms with Crippen LogP contribution in [0.4, 0.5) is 0 Å². The molecule has 0 amide bonds. The van der Waals surface area contributed by atoms with Gasteiger partial charge in [-0.3, -0.25) is 0 Å². The number of hydrogen-bond acceptors (Lipinski definition) is 3. The van der Waals surface area contributed by atoms with Gasteiger partial charge in [0.05, 0.1) is 24.3 Å². The second kappa shape index (κ2) is 5.13. The Balaban J connectivity index is 2.36. The average Bonchev–Trinajstić information content (AvgIpc) is 2.47. The third-order valence-electron chi connectivity index (χ3n) is 3.30. The van der Waals surface area contributed by atoms with Crippen molar-refractivity contribution in [3.8, 4) is 11.8 Å². The van der Waals surface area contributed by atoms with Gasteiger partial charge in [0.1, 0.15) is 5.75 Å². The number of methoxy groups -OCH3 is 1. The fourth-order valence-corrected chi connectivity index (χ4v) is 1.99. The highest BCUT2D eigenvalue weighted by molar-refractivity contribution is 5.42. The van der Waals surface area contributed by atoms with Crippen molar-refractivity contribution in [3.05, 3.63) is 65.2 Å². The van der Waals surface area contributed by atoms with Gasteiger partial charge in [-0.2, -0.15) is 5.26 Å². The van der Waals surface area contributed by atoms with Crippen LogP contribution in [0.25, 0.3) is 0 Å². The summed E-state index contributed by atoms with van der Waals surface area (Å²) in [5.41, 5.74) is 8.42. The fraction of sp³-hybridized carbons (Fsp3) is 0.188. The summed E-state index contributed by atoms with van der Waals surface area (Å²) in [4.78, 5) is 0. The minimum atomic E-state index is -0.597. The summed E-state index contributed by atoms with van der Waals surface area (Å²) in [7, 11) is 1.64. The Kier molecular flexibility index (Phi) is 3.55. The SMILES string of the molecule is COc1ccc(C(C)(N)c2ccc(C#N)cc2)cc1. The zero-order valence-electron chi connectivity index (χ0n) is 11.1. The Morgan fingerprint density at radius 1 is 1.00 bits per heavy atom. The van der Waals surface area contributed by atoms with Gasteiger partial charge in [0.15, 0.2) is 0 Å². The largest absolute Gasteiger partial charge is 0.497 e. The van der Waals surface area contributed by atoms with E-state index in [-0.39, 0.29) is 0 Å². The molecule has 1 unspecified atom stereocenters. The van der Waals surface area contributed by atoms with Crippen molar-refractivity contribution in [3.63, 3.8) is 0 Å². The molecule has 3 heteroatoms. The first-order valence-electron chi connectivity index (χ1n) is 6.02. The van der Waals surface area contributed by atoms with Gasteiger partial charge in [0, 0.05) is 0 Å². The maximum Gasteiger partial charge on any atom is 0.118 e. The zero-order valence-corrected chi connectivity index (χ0v) is 11.1. The molecule has 0 saturated heterocycles. The maximum atomic E-state index is 8.81. The van der Waals surface area contributed by atoms with Crippen LogP contribution in [0.3, 0.4) is 0 Å². The molecule has 2 aromatic rings. The van der Waals surface area contributed by atoms with Gasteiger partial charge < -0.3 is 10.5 Å². The Morgan fingerprint density at radius 3 is 1.89 bits per heavy atom. The molecule has 2 rings (SSSR count). The normalized spacial score (nSPS) is 13.4. The molecule has 0 radical (unpaired) electrons. The highest BCUT2D eigenvalue weighted by atomic mass is 16.5. The molecule has 0 aliphatic heterocycles. The minimum Gasteiger partial charge on any atom is -0.497 e. The van der Waals surface area contributed by atoms with Crippen LogP contribution in [0.5, 0.6) is 5.75 Å². The van der Waals surface area contributed by atoms with Crippen molar-refractivity contribution in [1.82, 2.24) is 0 Å². The van der Waals surface area contributed by atoms with E-state index in [4.69, 9.17) is 15.7 Å². The molecule has 0 spiro atoms. The Labute approximate surface area is 113 Å². The molecule has 96 valence electrons. The summed E-state index contributed by atoms with van der Waals surface area (Å²) in [6, 6.07) is 17.1. The first kappa shape index (κ1) is 13.1. The Morgan fingerprint density at radius 2 is 1.47 bits per heavy atom. The average molecular weight is 252 g/mol. The first-order valence-corrected chi connectivity index (χ1v) is 6.02. The van der Waals surface area contributed by atoms with Gasteiger partial charge in [-0.1, -0.05) is 24.3 Å². The molecule has 0 saturated carbocycles. The quantitative estimate of drug-likeness (QED) is 0.913. The molecular formula is C16H16N2O. The highest BCUT2D eigenvalue weighted by Crippen LogP contribution is 2.28. The van der Waals surface area contributed by atoms with Crippen molar-refractivity contribution >= 4 is 0 Å². The van der Waals surface area contributed by atoms with Crippen LogP contribution >= 0.6 is 0 Å². The number of nitriles is 1. The summed E-state index contributed by atoms with van der Waals surface area (Å²) in [5.74, 6) is 0.805. The van der Waals surface area contributed by atoms with Crippen molar-refractivity contribution in [2.75, 3.05) is 7.11 Å². The molecule has 0 aliphatic carbocycles. The van der Waals surface area contributed by atoms with Crippen molar-refractivity contribution in [2.24, 2.45) is 5.73 Å². The van der Waals surface area contributed by atoms with Gasteiger partial charge in [-0.05, 0) is 42.3 Å². The van der Waals surface area contributed by atoms with E-state index in [1.165, 1.54) is 0 Å². The van der Waals surface area contributed by atoms with Gasteiger partial charge in [-0.25, -0.2) is 0 Å². The lowest BCUT2D eigenvalue weighted by Crippen LogP contribution is -2.34. The van der Waals surface area contributed by atoms with Crippen LogP contribution in [-0.4, -0.2) is 7.11 Å². The van der Waals surface area contributed by atoms with Gasteiger partial charge >= 0.3 is 0 Å². The summed E-state index contributed by atoms with van der Waals surface area (Å²) in [6.07, 6.45) is 0. The van der Waals surface area contributed by atoms with E-state index in [1.54, 1.807) is 19.2 Å². The molecular weight excluding hydrogens is 236 g/mol. The number of nitrogens with two attached hydrogens (primary N) is 1. The molecule has 2 aromatic carbocycles. The van der Waals surface area contributed by atoms with Gasteiger partial charge in [-0.15, -0.1) is 0 Å². The van der Waals surface area contributed by atoms with Crippen LogP contribution in [0.15, 0.2) is 48.5 Å². The van der Waals surface area contributed by atoms with Crippen LogP contribution in [0.2, 0.25) is 0 Å². The third kappa shape index (κ3) is 2.59. The summed E-state index contributed by atoms with van der Waals surface area (Å²) >= 11 is 0. The second-order valence-corrected chi connectivity index (χ2v) is 4.62. The minimum absolute atomic E-state index is 0.597. The summed E-state index contributed by atoms with van der Waals surface area (Å²) in [6.45, 7) is 1.95. The molecule has 0 aromatic heterocycles. The summed E-state index contributed by atoms with van der Waals surface area (Å²) in [5, 5.41) is 8.81. The van der Waals surface area contributed by atoms with Crippen molar-refractivity contribution < 1.29 is 4.74 Å². The van der Waals surface area contributed by atoms with E-state index >= 15 is 0 Å². The van der Waals surface area contributed by atoms with E-state index in [9.17, 15) is 0 Å². The molecule has 0 bridgehead atoms. The predicted octanol–water partition coefficient (Wildman–Crippen LogP) is 2.79. The van der Waals surface area contributed by atoms with Crippen molar-refractivity contribution in [2.45, 2.75) is 12.5 Å². The number of ether oxygens (including phenoxy) is 1. The molecule has 3 nitrogen and oxygen atoms in total.